The van der Waals surface area contributed by atoms with Gasteiger partial charge in [-0.2, -0.15) is 0 Å². The summed E-state index contributed by atoms with van der Waals surface area (Å²) in [6, 6.07) is 16.3. The van der Waals surface area contributed by atoms with Gasteiger partial charge in [-0.05, 0) is 43.7 Å². The summed E-state index contributed by atoms with van der Waals surface area (Å²) in [5.41, 5.74) is 2.28. The highest BCUT2D eigenvalue weighted by atomic mass is 16.6. The maximum absolute atomic E-state index is 12.1. The highest BCUT2D eigenvalue weighted by Crippen LogP contribution is 2.20. The minimum Gasteiger partial charge on any atom is -0.449 e. The highest BCUT2D eigenvalue weighted by molar-refractivity contribution is 5.98. The number of amides is 1. The van der Waals surface area contributed by atoms with Gasteiger partial charge in [-0.3, -0.25) is 4.79 Å². The molecule has 5 nitrogen and oxygen atoms in total. The Labute approximate surface area is 139 Å². The Kier molecular flexibility index (Phi) is 4.33. The fraction of sp³-hybridized carbons (Fsp3) is 0.158. The van der Waals surface area contributed by atoms with Crippen LogP contribution in [0, 0.1) is 6.92 Å². The first-order valence-corrected chi connectivity index (χ1v) is 7.60. The van der Waals surface area contributed by atoms with E-state index >= 15 is 0 Å². The molecule has 3 aromatic rings. The Morgan fingerprint density at radius 1 is 1.08 bits per heavy atom. The van der Waals surface area contributed by atoms with E-state index in [1.165, 1.54) is 6.92 Å². The van der Waals surface area contributed by atoms with Gasteiger partial charge >= 0.3 is 5.97 Å². The number of aryl methyl sites for hydroxylation is 1. The number of rotatable bonds is 4. The molecule has 0 spiro atoms. The zero-order chi connectivity index (χ0) is 17.1. The standard InChI is InChI=1S/C19H17NO4/c1-12-6-5-8-15(10-12)20-18(21)13(2)23-19(22)17-11-14-7-3-4-9-16(14)24-17/h3-11,13H,1-2H3,(H,20,21)/t13-/m1/s1. The summed E-state index contributed by atoms with van der Waals surface area (Å²) in [6.07, 6.45) is -0.939. The quantitative estimate of drug-likeness (QED) is 0.739. The predicted molar refractivity (Wildman–Crippen MR) is 90.9 cm³/mol. The summed E-state index contributed by atoms with van der Waals surface area (Å²) in [6.45, 7) is 3.45. The van der Waals surface area contributed by atoms with Crippen LogP contribution in [0.5, 0.6) is 0 Å². The fourth-order valence-corrected chi connectivity index (χ4v) is 2.32. The lowest BCUT2D eigenvalue weighted by Crippen LogP contribution is -2.29. The first kappa shape index (κ1) is 15.8. The van der Waals surface area contributed by atoms with Crippen LogP contribution in [0.4, 0.5) is 5.69 Å². The van der Waals surface area contributed by atoms with Crippen molar-refractivity contribution >= 4 is 28.5 Å². The Hall–Kier alpha value is -3.08. The number of para-hydroxylation sites is 1. The Bertz CT molecular complexity index is 864. The molecule has 1 atom stereocenters. The van der Waals surface area contributed by atoms with E-state index in [1.807, 2.05) is 43.3 Å². The molecule has 0 saturated carbocycles. The first-order valence-electron chi connectivity index (χ1n) is 7.60. The van der Waals surface area contributed by atoms with Gasteiger partial charge in [-0.25, -0.2) is 4.79 Å². The molecule has 3 rings (SSSR count). The maximum Gasteiger partial charge on any atom is 0.375 e. The maximum atomic E-state index is 12.1. The number of benzene rings is 2. The van der Waals surface area contributed by atoms with Gasteiger partial charge in [0.25, 0.3) is 5.91 Å². The second-order valence-corrected chi connectivity index (χ2v) is 5.55. The normalized spacial score (nSPS) is 11.9. The van der Waals surface area contributed by atoms with Gasteiger partial charge in [-0.15, -0.1) is 0 Å². The van der Waals surface area contributed by atoms with E-state index in [9.17, 15) is 9.59 Å². The van der Waals surface area contributed by atoms with Gasteiger partial charge in [0.15, 0.2) is 6.10 Å². The number of hydrogen-bond acceptors (Lipinski definition) is 4. The van der Waals surface area contributed by atoms with Crippen LogP contribution in [0.15, 0.2) is 59.0 Å². The van der Waals surface area contributed by atoms with Crippen LogP contribution in [0.2, 0.25) is 0 Å². The molecule has 0 radical (unpaired) electrons. The summed E-state index contributed by atoms with van der Waals surface area (Å²) in [7, 11) is 0. The zero-order valence-electron chi connectivity index (χ0n) is 13.4. The summed E-state index contributed by atoms with van der Waals surface area (Å²) in [5, 5.41) is 3.53. The second kappa shape index (κ2) is 6.58. The van der Waals surface area contributed by atoms with Crippen molar-refractivity contribution in [2.45, 2.75) is 20.0 Å². The molecule has 0 bridgehead atoms. The molecule has 0 fully saturated rings. The van der Waals surface area contributed by atoms with Crippen LogP contribution in [-0.2, 0) is 9.53 Å². The van der Waals surface area contributed by atoms with E-state index in [2.05, 4.69) is 5.32 Å². The predicted octanol–water partition coefficient (Wildman–Crippen LogP) is 3.93. The molecular formula is C19H17NO4. The third-order valence-corrected chi connectivity index (χ3v) is 3.57. The number of nitrogens with one attached hydrogen (secondary N) is 1. The molecule has 2 aromatic carbocycles. The smallest absolute Gasteiger partial charge is 0.375 e. The minimum atomic E-state index is -0.939. The van der Waals surface area contributed by atoms with Crippen LogP contribution in [0.3, 0.4) is 0 Å². The lowest BCUT2D eigenvalue weighted by atomic mass is 10.2. The minimum absolute atomic E-state index is 0.0754. The lowest BCUT2D eigenvalue weighted by Gasteiger charge is -2.13. The van der Waals surface area contributed by atoms with Gasteiger partial charge in [-0.1, -0.05) is 30.3 Å². The van der Waals surface area contributed by atoms with Gasteiger partial charge < -0.3 is 14.5 Å². The fourth-order valence-electron chi connectivity index (χ4n) is 2.32. The molecule has 0 saturated heterocycles. The average molecular weight is 323 g/mol. The molecule has 5 heteroatoms. The van der Waals surface area contributed by atoms with Crippen molar-refractivity contribution in [3.63, 3.8) is 0 Å². The van der Waals surface area contributed by atoms with Crippen LogP contribution >= 0.6 is 0 Å². The molecule has 0 aliphatic heterocycles. The third-order valence-electron chi connectivity index (χ3n) is 3.57. The summed E-state index contributed by atoms with van der Waals surface area (Å²) >= 11 is 0. The van der Waals surface area contributed by atoms with Crippen molar-refractivity contribution < 1.29 is 18.7 Å². The third kappa shape index (κ3) is 3.46. The van der Waals surface area contributed by atoms with E-state index < -0.39 is 18.0 Å². The molecule has 0 aliphatic rings. The van der Waals surface area contributed by atoms with Gasteiger partial charge in [0, 0.05) is 11.1 Å². The topological polar surface area (TPSA) is 68.5 Å². The van der Waals surface area contributed by atoms with E-state index in [0.717, 1.165) is 10.9 Å². The number of esters is 1. The number of ether oxygens (including phenoxy) is 1. The molecule has 0 aliphatic carbocycles. The molecule has 0 unspecified atom stereocenters. The SMILES string of the molecule is Cc1cccc(NC(=O)[C@@H](C)OC(=O)c2cc3ccccc3o2)c1. The lowest BCUT2D eigenvalue weighted by molar-refractivity contribution is -0.123. The number of anilines is 1. The van der Waals surface area contributed by atoms with Gasteiger partial charge in [0.05, 0.1) is 0 Å². The molecule has 1 N–H and O–H groups in total. The summed E-state index contributed by atoms with van der Waals surface area (Å²) in [5.74, 6) is -0.991. The van der Waals surface area contributed by atoms with E-state index in [-0.39, 0.29) is 5.76 Å². The summed E-state index contributed by atoms with van der Waals surface area (Å²) in [4.78, 5) is 24.3. The molecular weight excluding hydrogens is 306 g/mol. The zero-order valence-corrected chi connectivity index (χ0v) is 13.4. The van der Waals surface area contributed by atoms with Gasteiger partial charge in [0.1, 0.15) is 5.58 Å². The summed E-state index contributed by atoms with van der Waals surface area (Å²) < 4.78 is 10.6. The highest BCUT2D eigenvalue weighted by Gasteiger charge is 2.21. The Morgan fingerprint density at radius 2 is 1.88 bits per heavy atom. The monoisotopic (exact) mass is 323 g/mol. The Balaban J connectivity index is 1.65. The molecule has 122 valence electrons. The van der Waals surface area contributed by atoms with Crippen molar-refractivity contribution in [1.29, 1.82) is 0 Å². The van der Waals surface area contributed by atoms with Crippen LogP contribution in [0.25, 0.3) is 11.0 Å². The first-order chi connectivity index (χ1) is 11.5. The van der Waals surface area contributed by atoms with Crippen molar-refractivity contribution in [1.82, 2.24) is 0 Å². The largest absolute Gasteiger partial charge is 0.449 e. The van der Waals surface area contributed by atoms with Crippen molar-refractivity contribution in [2.24, 2.45) is 0 Å². The van der Waals surface area contributed by atoms with Crippen molar-refractivity contribution in [3.8, 4) is 0 Å². The number of fused-ring (bicyclic) bond motifs is 1. The number of furan rings is 1. The van der Waals surface area contributed by atoms with Crippen LogP contribution in [-0.4, -0.2) is 18.0 Å². The van der Waals surface area contributed by atoms with E-state index in [1.54, 1.807) is 18.2 Å². The van der Waals surface area contributed by atoms with Crippen LogP contribution in [0.1, 0.15) is 23.0 Å². The number of carbonyl (C=O) groups excluding carboxylic acids is 2. The molecule has 1 heterocycles. The number of carbonyl (C=O) groups is 2. The van der Waals surface area contributed by atoms with E-state index in [0.29, 0.717) is 11.3 Å². The molecule has 1 amide bonds. The van der Waals surface area contributed by atoms with Crippen molar-refractivity contribution in [3.05, 3.63) is 65.9 Å². The van der Waals surface area contributed by atoms with Gasteiger partial charge in [0.2, 0.25) is 5.76 Å². The van der Waals surface area contributed by atoms with Crippen LogP contribution < -0.4 is 5.32 Å². The molecule has 1 aromatic heterocycles. The average Bonchev–Trinajstić information content (AvgIpc) is 2.99. The van der Waals surface area contributed by atoms with E-state index in [4.69, 9.17) is 9.15 Å². The van der Waals surface area contributed by atoms with Crippen molar-refractivity contribution in [2.75, 3.05) is 5.32 Å². The second-order valence-electron chi connectivity index (χ2n) is 5.55. The molecule has 24 heavy (non-hydrogen) atoms. The number of hydrogen-bond donors (Lipinski definition) is 1. The Morgan fingerprint density at radius 3 is 2.62 bits per heavy atom.